The Labute approximate surface area is 261 Å². The van der Waals surface area contributed by atoms with Crippen LogP contribution in [0.4, 0.5) is 0 Å². The Morgan fingerprint density at radius 2 is 1.66 bits per heavy atom. The molecule has 1 radical (unpaired) electrons. The number of allylic oxidation sites excluding steroid dienone is 2. The van der Waals surface area contributed by atoms with Crippen molar-refractivity contribution < 1.29 is 30.0 Å². The van der Waals surface area contributed by atoms with E-state index in [2.05, 4.69) is 62.4 Å². The van der Waals surface area contributed by atoms with E-state index in [1.807, 2.05) is 27.7 Å². The number of carbonyl (C=O) groups excluding carboxylic acids is 1. The average molecular weight is 731 g/mol. The second-order valence-corrected chi connectivity index (χ2v) is 12.1. The zero-order valence-electron chi connectivity index (χ0n) is 25.8. The molecule has 2 fully saturated rings. The number of hydrogen-bond donors (Lipinski definition) is 1. The van der Waals surface area contributed by atoms with Gasteiger partial charge in [0, 0.05) is 43.4 Å². The van der Waals surface area contributed by atoms with E-state index in [1.54, 1.807) is 0 Å². The first-order valence-electron chi connectivity index (χ1n) is 15.6. The molecule has 0 amide bonds. The standard InChI is InChI=1S/C24H24N.C13H24O2.Ir/c1-15-9-16(2)11-19(10-15)24-14-22(20-5-3-4-6-23(20)25-24)21-13-17-7-8-18(21)12-17;1-5-10(6-2)12(14)9-13(15)11(7-3)8-4;/h3-6,9-10,14,17-18,21H,7-8,12-13H2,1-2H3;9-11,14H,5-8H2,1-4H3;/q-1;;/b;12-9-;. The fraction of sp³-hybridized carbons (Fsp3) is 0.514. The number of aliphatic hydroxyl groups is 1. The van der Waals surface area contributed by atoms with Crippen LogP contribution in [-0.2, 0) is 24.9 Å². The van der Waals surface area contributed by atoms with Gasteiger partial charge in [-0.2, -0.15) is 0 Å². The zero-order valence-corrected chi connectivity index (χ0v) is 28.2. The third kappa shape index (κ3) is 7.96. The number of aromatic nitrogens is 1. The zero-order chi connectivity index (χ0) is 28.8. The van der Waals surface area contributed by atoms with Gasteiger partial charge in [0.05, 0.1) is 11.3 Å². The number of benzene rings is 2. The van der Waals surface area contributed by atoms with E-state index < -0.39 is 0 Å². The number of pyridine rings is 1. The van der Waals surface area contributed by atoms with Crippen molar-refractivity contribution in [2.24, 2.45) is 23.7 Å². The monoisotopic (exact) mass is 731 g/mol. The minimum absolute atomic E-state index is 0. The number of aliphatic hydroxyl groups excluding tert-OH is 1. The average Bonchev–Trinajstić information content (AvgIpc) is 3.58. The molecule has 223 valence electrons. The summed E-state index contributed by atoms with van der Waals surface area (Å²) in [6.07, 6.45) is 10.6. The van der Waals surface area contributed by atoms with Crippen molar-refractivity contribution in [3.05, 3.63) is 77.1 Å². The molecule has 3 atom stereocenters. The summed E-state index contributed by atoms with van der Waals surface area (Å²) in [5, 5.41) is 11.1. The SMILES string of the molecule is CCC(CC)C(=O)/C=C(\O)C(CC)CC.Cc1[c-]c(-c2cc(C3CC4CCC3C4)c3ccccc3n2)cc(C)c1.[Ir]. The largest absolute Gasteiger partial charge is 0.512 e. The third-order valence-corrected chi connectivity index (χ3v) is 9.39. The summed E-state index contributed by atoms with van der Waals surface area (Å²) in [5.41, 5.74) is 7.34. The third-order valence-electron chi connectivity index (χ3n) is 9.39. The van der Waals surface area contributed by atoms with Crippen LogP contribution in [0.3, 0.4) is 0 Å². The predicted octanol–water partition coefficient (Wildman–Crippen LogP) is 10.1. The Hall–Kier alpha value is -2.29. The molecule has 2 aliphatic carbocycles. The Balaban J connectivity index is 0.000000253. The Bertz CT molecular complexity index is 1320. The smallest absolute Gasteiger partial charge is 0.162 e. The predicted molar refractivity (Wildman–Crippen MR) is 168 cm³/mol. The summed E-state index contributed by atoms with van der Waals surface area (Å²) in [6, 6.07) is 19.0. The van der Waals surface area contributed by atoms with Gasteiger partial charge in [0.2, 0.25) is 0 Å². The maximum atomic E-state index is 11.7. The first kappa shape index (κ1) is 33.2. The molecular weight excluding hydrogens is 683 g/mol. The molecule has 1 heterocycles. The van der Waals surface area contributed by atoms with Crippen LogP contribution in [-0.4, -0.2) is 15.9 Å². The summed E-state index contributed by atoms with van der Waals surface area (Å²) in [4.78, 5) is 16.7. The van der Waals surface area contributed by atoms with Crippen LogP contribution >= 0.6 is 0 Å². The quantitative estimate of drug-likeness (QED) is 0.136. The summed E-state index contributed by atoms with van der Waals surface area (Å²) in [6.45, 7) is 12.3. The molecule has 3 nitrogen and oxygen atoms in total. The van der Waals surface area contributed by atoms with Crippen molar-refractivity contribution in [2.75, 3.05) is 0 Å². The number of fused-ring (bicyclic) bond motifs is 3. The van der Waals surface area contributed by atoms with Gasteiger partial charge < -0.3 is 5.11 Å². The van der Waals surface area contributed by atoms with Gasteiger partial charge in [-0.3, -0.25) is 9.78 Å². The minimum atomic E-state index is 0. The number of hydrogen-bond acceptors (Lipinski definition) is 3. The van der Waals surface area contributed by atoms with Gasteiger partial charge >= 0.3 is 0 Å². The van der Waals surface area contributed by atoms with E-state index in [-0.39, 0.29) is 43.5 Å². The number of ketones is 1. The Morgan fingerprint density at radius 3 is 2.24 bits per heavy atom. The molecular formula is C37H48IrNO2-. The number of aryl methyl sites for hydroxylation is 2. The molecule has 2 aromatic carbocycles. The molecule has 2 saturated carbocycles. The van der Waals surface area contributed by atoms with Crippen molar-refractivity contribution in [3.8, 4) is 11.3 Å². The van der Waals surface area contributed by atoms with Gasteiger partial charge in [-0.15, -0.1) is 34.9 Å². The molecule has 0 spiro atoms. The molecule has 1 aromatic heterocycles. The van der Waals surface area contributed by atoms with E-state index in [0.717, 1.165) is 60.2 Å². The summed E-state index contributed by atoms with van der Waals surface area (Å²) in [5.74, 6) is 3.10. The van der Waals surface area contributed by atoms with E-state index in [1.165, 1.54) is 53.8 Å². The molecule has 0 saturated heterocycles. The van der Waals surface area contributed by atoms with Crippen LogP contribution in [0, 0.1) is 43.6 Å². The first-order valence-corrected chi connectivity index (χ1v) is 15.6. The fourth-order valence-corrected chi connectivity index (χ4v) is 7.09. The van der Waals surface area contributed by atoms with Crippen LogP contribution in [0.25, 0.3) is 22.2 Å². The fourth-order valence-electron chi connectivity index (χ4n) is 7.09. The molecule has 5 rings (SSSR count). The molecule has 3 unspecified atom stereocenters. The van der Waals surface area contributed by atoms with Crippen molar-refractivity contribution in [1.29, 1.82) is 0 Å². The van der Waals surface area contributed by atoms with E-state index in [0.29, 0.717) is 0 Å². The van der Waals surface area contributed by atoms with Crippen LogP contribution in [0.2, 0.25) is 0 Å². The second kappa shape index (κ2) is 15.3. The topological polar surface area (TPSA) is 50.2 Å². The summed E-state index contributed by atoms with van der Waals surface area (Å²) < 4.78 is 0. The van der Waals surface area contributed by atoms with E-state index in [4.69, 9.17) is 4.98 Å². The minimum Gasteiger partial charge on any atom is -0.512 e. The molecule has 1 N–H and O–H groups in total. The van der Waals surface area contributed by atoms with E-state index in [9.17, 15) is 9.90 Å². The number of para-hydroxylation sites is 1. The van der Waals surface area contributed by atoms with Crippen LogP contribution < -0.4 is 0 Å². The summed E-state index contributed by atoms with van der Waals surface area (Å²) >= 11 is 0. The molecule has 41 heavy (non-hydrogen) atoms. The molecule has 4 heteroatoms. The maximum Gasteiger partial charge on any atom is 0.162 e. The van der Waals surface area contributed by atoms with Gasteiger partial charge in [0.25, 0.3) is 0 Å². The maximum absolute atomic E-state index is 11.7. The van der Waals surface area contributed by atoms with Gasteiger partial charge in [-0.05, 0) is 80.0 Å². The van der Waals surface area contributed by atoms with Gasteiger partial charge in [-0.1, -0.05) is 72.2 Å². The van der Waals surface area contributed by atoms with E-state index >= 15 is 0 Å². The molecule has 3 aromatic rings. The van der Waals surface area contributed by atoms with Crippen LogP contribution in [0.1, 0.15) is 102 Å². The van der Waals surface area contributed by atoms with Gasteiger partial charge in [0.15, 0.2) is 5.78 Å². The number of rotatable bonds is 9. The molecule has 2 aliphatic rings. The van der Waals surface area contributed by atoms with Crippen LogP contribution in [0.15, 0.2) is 54.3 Å². The molecule has 0 aliphatic heterocycles. The van der Waals surface area contributed by atoms with Crippen LogP contribution in [0.5, 0.6) is 0 Å². The van der Waals surface area contributed by atoms with Crippen molar-refractivity contribution in [2.45, 2.75) is 98.8 Å². The van der Waals surface area contributed by atoms with Crippen molar-refractivity contribution in [1.82, 2.24) is 4.98 Å². The van der Waals surface area contributed by atoms with Crippen molar-refractivity contribution >= 4 is 16.7 Å². The van der Waals surface area contributed by atoms with Gasteiger partial charge in [0.1, 0.15) is 0 Å². The normalized spacial score (nSPS) is 19.8. The van der Waals surface area contributed by atoms with Crippen molar-refractivity contribution in [3.63, 3.8) is 0 Å². The Kier molecular flexibility index (Phi) is 12.4. The number of carbonyl (C=O) groups is 1. The van der Waals surface area contributed by atoms with Gasteiger partial charge in [-0.25, -0.2) is 0 Å². The summed E-state index contributed by atoms with van der Waals surface area (Å²) in [7, 11) is 0. The molecule has 2 bridgehead atoms. The first-order chi connectivity index (χ1) is 19.3. The number of nitrogens with zero attached hydrogens (tertiary/aromatic N) is 1. The Morgan fingerprint density at radius 1 is 0.976 bits per heavy atom. The second-order valence-electron chi connectivity index (χ2n) is 12.1.